The molecule has 1 aliphatic rings. The quantitative estimate of drug-likeness (QED) is 0.551. The van der Waals surface area contributed by atoms with E-state index in [1.807, 2.05) is 6.92 Å². The van der Waals surface area contributed by atoms with Crippen molar-refractivity contribution in [1.29, 1.82) is 0 Å². The Hall–Kier alpha value is -3.68. The highest BCUT2D eigenvalue weighted by molar-refractivity contribution is 6.04. The SMILES string of the molecule is CCCOc1cc(C2NC(=O)NC(c3ccc(OC)cc3)=C2C(=O)OC(C)C)ccc1OC. The summed E-state index contributed by atoms with van der Waals surface area (Å²) in [7, 11) is 3.14. The summed E-state index contributed by atoms with van der Waals surface area (Å²) < 4.78 is 22.0. The first-order chi connectivity index (χ1) is 15.9. The highest BCUT2D eigenvalue weighted by Gasteiger charge is 2.35. The molecule has 176 valence electrons. The van der Waals surface area contributed by atoms with Crippen LogP contribution in [-0.2, 0) is 9.53 Å². The van der Waals surface area contributed by atoms with Gasteiger partial charge in [-0.2, -0.15) is 0 Å². The summed E-state index contributed by atoms with van der Waals surface area (Å²) in [4.78, 5) is 25.9. The third kappa shape index (κ3) is 5.58. The Kier molecular flexibility index (Phi) is 7.82. The molecule has 8 nitrogen and oxygen atoms in total. The molecular formula is C25H30N2O6. The molecule has 1 aliphatic heterocycles. The smallest absolute Gasteiger partial charge is 0.338 e. The zero-order valence-electron chi connectivity index (χ0n) is 19.6. The second-order valence-corrected chi connectivity index (χ2v) is 7.76. The number of carbonyl (C=O) groups is 2. The summed E-state index contributed by atoms with van der Waals surface area (Å²) >= 11 is 0. The zero-order chi connectivity index (χ0) is 24.0. The van der Waals surface area contributed by atoms with Gasteiger partial charge in [0, 0.05) is 0 Å². The Bertz CT molecular complexity index is 1030. The van der Waals surface area contributed by atoms with Crippen molar-refractivity contribution >= 4 is 17.7 Å². The minimum atomic E-state index is -0.753. The van der Waals surface area contributed by atoms with Crippen molar-refractivity contribution in [2.45, 2.75) is 39.3 Å². The molecule has 1 atom stereocenters. The lowest BCUT2D eigenvalue weighted by molar-refractivity contribution is -0.143. The molecule has 0 bridgehead atoms. The van der Waals surface area contributed by atoms with Crippen LogP contribution in [0.3, 0.4) is 0 Å². The Balaban J connectivity index is 2.15. The molecule has 2 amide bonds. The van der Waals surface area contributed by atoms with E-state index in [0.717, 1.165) is 6.42 Å². The number of esters is 1. The van der Waals surface area contributed by atoms with Crippen molar-refractivity contribution in [3.8, 4) is 17.2 Å². The minimum absolute atomic E-state index is 0.292. The fraction of sp³-hybridized carbons (Fsp3) is 0.360. The van der Waals surface area contributed by atoms with Crippen LogP contribution in [0.4, 0.5) is 4.79 Å². The van der Waals surface area contributed by atoms with Crippen LogP contribution in [0.25, 0.3) is 5.70 Å². The first-order valence-corrected chi connectivity index (χ1v) is 10.9. The number of rotatable bonds is 9. The molecule has 0 saturated heterocycles. The highest BCUT2D eigenvalue weighted by atomic mass is 16.5. The summed E-state index contributed by atoms with van der Waals surface area (Å²) in [5.74, 6) is 1.24. The standard InChI is InChI=1S/C25H30N2O6/c1-6-13-32-20-14-17(9-12-19(20)31-5)23-21(24(28)33-15(2)3)22(26-25(29)27-23)16-7-10-18(30-4)11-8-16/h7-12,14-15,23H,6,13H2,1-5H3,(H2,26,27,29). The molecule has 1 unspecified atom stereocenters. The van der Waals surface area contributed by atoms with E-state index < -0.39 is 18.0 Å². The molecule has 0 aromatic heterocycles. The maximum atomic E-state index is 13.2. The number of methoxy groups -OCH3 is 2. The molecule has 0 spiro atoms. The predicted molar refractivity (Wildman–Crippen MR) is 124 cm³/mol. The summed E-state index contributed by atoms with van der Waals surface area (Å²) in [6, 6.07) is 11.2. The first-order valence-electron chi connectivity index (χ1n) is 10.9. The number of hydrogen-bond acceptors (Lipinski definition) is 6. The summed E-state index contributed by atoms with van der Waals surface area (Å²) in [5.41, 5.74) is 1.99. The van der Waals surface area contributed by atoms with Crippen LogP contribution in [0.15, 0.2) is 48.0 Å². The van der Waals surface area contributed by atoms with E-state index in [9.17, 15) is 9.59 Å². The van der Waals surface area contributed by atoms with E-state index in [0.29, 0.717) is 46.3 Å². The second-order valence-electron chi connectivity index (χ2n) is 7.76. The lowest BCUT2D eigenvalue weighted by Crippen LogP contribution is -2.45. The van der Waals surface area contributed by atoms with Gasteiger partial charge in [0.1, 0.15) is 5.75 Å². The van der Waals surface area contributed by atoms with Gasteiger partial charge in [0.15, 0.2) is 11.5 Å². The normalized spacial score (nSPS) is 15.6. The number of carbonyl (C=O) groups excluding carboxylic acids is 2. The van der Waals surface area contributed by atoms with Crippen molar-refractivity contribution in [2.75, 3.05) is 20.8 Å². The summed E-state index contributed by atoms with van der Waals surface area (Å²) in [5, 5.41) is 5.63. The lowest BCUT2D eigenvalue weighted by atomic mass is 9.92. The van der Waals surface area contributed by atoms with Crippen LogP contribution < -0.4 is 24.8 Å². The molecule has 2 N–H and O–H groups in total. The summed E-state index contributed by atoms with van der Waals surface area (Å²) in [6.07, 6.45) is 0.491. The monoisotopic (exact) mass is 454 g/mol. The molecule has 0 fully saturated rings. The van der Waals surface area contributed by atoms with Crippen molar-refractivity contribution in [1.82, 2.24) is 10.6 Å². The third-order valence-corrected chi connectivity index (χ3v) is 5.00. The highest BCUT2D eigenvalue weighted by Crippen LogP contribution is 2.37. The van der Waals surface area contributed by atoms with Gasteiger partial charge in [-0.25, -0.2) is 9.59 Å². The molecule has 0 saturated carbocycles. The Labute approximate surface area is 193 Å². The number of nitrogens with one attached hydrogen (secondary N) is 2. The molecule has 2 aromatic rings. The van der Waals surface area contributed by atoms with Gasteiger partial charge >= 0.3 is 12.0 Å². The Morgan fingerprint density at radius 2 is 1.76 bits per heavy atom. The minimum Gasteiger partial charge on any atom is -0.497 e. The van der Waals surface area contributed by atoms with E-state index in [1.54, 1.807) is 70.5 Å². The molecule has 3 rings (SSSR count). The van der Waals surface area contributed by atoms with Crippen LogP contribution in [0.2, 0.25) is 0 Å². The van der Waals surface area contributed by atoms with Crippen LogP contribution in [0.5, 0.6) is 17.2 Å². The largest absolute Gasteiger partial charge is 0.497 e. The zero-order valence-corrected chi connectivity index (χ0v) is 19.6. The van der Waals surface area contributed by atoms with Crippen molar-refractivity contribution in [3.05, 3.63) is 59.2 Å². The van der Waals surface area contributed by atoms with Gasteiger partial charge in [-0.15, -0.1) is 0 Å². The first kappa shape index (κ1) is 24.0. The van der Waals surface area contributed by atoms with Crippen molar-refractivity contribution < 1.29 is 28.5 Å². The molecule has 2 aromatic carbocycles. The molecule has 0 aliphatic carbocycles. The van der Waals surface area contributed by atoms with E-state index in [2.05, 4.69) is 10.6 Å². The van der Waals surface area contributed by atoms with Crippen LogP contribution in [0.1, 0.15) is 44.4 Å². The van der Waals surface area contributed by atoms with Gasteiger partial charge in [0.25, 0.3) is 0 Å². The lowest BCUT2D eigenvalue weighted by Gasteiger charge is -2.30. The number of urea groups is 1. The van der Waals surface area contributed by atoms with Crippen LogP contribution in [0, 0.1) is 0 Å². The van der Waals surface area contributed by atoms with Gasteiger partial charge < -0.3 is 29.6 Å². The van der Waals surface area contributed by atoms with Gasteiger partial charge in [0.2, 0.25) is 0 Å². The third-order valence-electron chi connectivity index (χ3n) is 5.00. The number of benzene rings is 2. The molecule has 33 heavy (non-hydrogen) atoms. The number of amides is 2. The predicted octanol–water partition coefficient (Wildman–Crippen LogP) is 4.21. The van der Waals surface area contributed by atoms with Gasteiger partial charge in [-0.1, -0.05) is 13.0 Å². The number of hydrogen-bond donors (Lipinski definition) is 2. The number of ether oxygens (including phenoxy) is 4. The maximum Gasteiger partial charge on any atom is 0.338 e. The van der Waals surface area contributed by atoms with Crippen LogP contribution in [-0.4, -0.2) is 38.9 Å². The Morgan fingerprint density at radius 1 is 1.03 bits per heavy atom. The fourth-order valence-electron chi connectivity index (χ4n) is 3.50. The van der Waals surface area contributed by atoms with Gasteiger partial charge in [-0.3, -0.25) is 0 Å². The van der Waals surface area contributed by atoms with E-state index in [4.69, 9.17) is 18.9 Å². The topological polar surface area (TPSA) is 95.1 Å². The molecule has 8 heteroatoms. The second kappa shape index (κ2) is 10.8. The van der Waals surface area contributed by atoms with Gasteiger partial charge in [0.05, 0.1) is 44.2 Å². The molecule has 1 heterocycles. The fourth-order valence-corrected chi connectivity index (χ4v) is 3.50. The summed E-state index contributed by atoms with van der Waals surface area (Å²) in [6.45, 7) is 6.07. The molecular weight excluding hydrogens is 424 g/mol. The van der Waals surface area contributed by atoms with Crippen LogP contribution >= 0.6 is 0 Å². The average Bonchev–Trinajstić information content (AvgIpc) is 2.81. The van der Waals surface area contributed by atoms with Gasteiger partial charge in [-0.05, 0) is 67.8 Å². The average molecular weight is 455 g/mol. The maximum absolute atomic E-state index is 13.2. The van der Waals surface area contributed by atoms with E-state index in [1.165, 1.54) is 0 Å². The van der Waals surface area contributed by atoms with Crippen molar-refractivity contribution in [2.24, 2.45) is 0 Å². The molecule has 0 radical (unpaired) electrons. The van der Waals surface area contributed by atoms with E-state index >= 15 is 0 Å². The Morgan fingerprint density at radius 3 is 2.36 bits per heavy atom. The van der Waals surface area contributed by atoms with E-state index in [-0.39, 0.29) is 6.10 Å². The van der Waals surface area contributed by atoms with Crippen molar-refractivity contribution in [3.63, 3.8) is 0 Å².